The van der Waals surface area contributed by atoms with Gasteiger partial charge >= 0.3 is 0 Å². The first-order valence-corrected chi connectivity index (χ1v) is 6.32. The van der Waals surface area contributed by atoms with Crippen molar-refractivity contribution in [3.63, 3.8) is 0 Å². The zero-order valence-electron chi connectivity index (χ0n) is 10.8. The highest BCUT2D eigenvalue weighted by atomic mass is 16.5. The molecule has 3 heteroatoms. The van der Waals surface area contributed by atoms with Gasteiger partial charge in [0.1, 0.15) is 0 Å². The van der Waals surface area contributed by atoms with Crippen LogP contribution >= 0.6 is 0 Å². The summed E-state index contributed by atoms with van der Waals surface area (Å²) in [5, 5.41) is 3.51. The van der Waals surface area contributed by atoms with Crippen molar-refractivity contribution in [1.29, 1.82) is 0 Å². The predicted octanol–water partition coefficient (Wildman–Crippen LogP) is 1.99. The highest BCUT2D eigenvalue weighted by molar-refractivity contribution is 5.53. The van der Waals surface area contributed by atoms with Gasteiger partial charge in [-0.05, 0) is 31.5 Å². The summed E-state index contributed by atoms with van der Waals surface area (Å²) in [5.41, 5.74) is 2.73. The maximum absolute atomic E-state index is 5.09. The van der Waals surface area contributed by atoms with Crippen LogP contribution in [-0.4, -0.2) is 44.8 Å². The summed E-state index contributed by atoms with van der Waals surface area (Å²) in [5.74, 6) is 0. The quantitative estimate of drug-likeness (QED) is 0.789. The first-order chi connectivity index (χ1) is 8.31. The highest BCUT2D eigenvalue weighted by Crippen LogP contribution is 2.22. The Kier molecular flexibility index (Phi) is 4.40. The van der Waals surface area contributed by atoms with Crippen molar-refractivity contribution >= 4 is 5.69 Å². The Balaban J connectivity index is 1.88. The summed E-state index contributed by atoms with van der Waals surface area (Å²) in [4.78, 5) is 2.43. The van der Waals surface area contributed by atoms with Crippen LogP contribution in [0.4, 0.5) is 5.69 Å². The number of rotatable bonds is 5. The van der Waals surface area contributed by atoms with Crippen molar-refractivity contribution in [1.82, 2.24) is 4.90 Å². The fourth-order valence-corrected chi connectivity index (χ4v) is 2.38. The average Bonchev–Trinajstić information content (AvgIpc) is 2.38. The van der Waals surface area contributed by atoms with Crippen LogP contribution < -0.4 is 5.32 Å². The van der Waals surface area contributed by atoms with Crippen molar-refractivity contribution in [2.24, 2.45) is 0 Å². The Morgan fingerprint density at radius 2 is 2.24 bits per heavy atom. The number of hydrogen-bond acceptors (Lipinski definition) is 3. The molecular formula is C14H22N2O. The van der Waals surface area contributed by atoms with E-state index in [2.05, 4.69) is 41.5 Å². The monoisotopic (exact) mass is 234 g/mol. The molecule has 0 spiro atoms. The number of nitrogens with one attached hydrogen (secondary N) is 1. The lowest BCUT2D eigenvalue weighted by molar-refractivity contribution is 0.166. The van der Waals surface area contributed by atoms with Crippen molar-refractivity contribution in [3.8, 4) is 0 Å². The number of methoxy groups -OCH3 is 1. The van der Waals surface area contributed by atoms with Gasteiger partial charge in [0, 0.05) is 38.5 Å². The van der Waals surface area contributed by atoms with Crippen LogP contribution in [0.25, 0.3) is 0 Å². The van der Waals surface area contributed by atoms with E-state index in [1.165, 1.54) is 11.3 Å². The Morgan fingerprint density at radius 1 is 1.41 bits per heavy atom. The number of anilines is 1. The summed E-state index contributed by atoms with van der Waals surface area (Å²) >= 11 is 0. The van der Waals surface area contributed by atoms with Gasteiger partial charge in [0.25, 0.3) is 0 Å². The third kappa shape index (κ3) is 3.20. The van der Waals surface area contributed by atoms with Gasteiger partial charge in [-0.1, -0.05) is 18.2 Å². The molecule has 0 aliphatic carbocycles. The summed E-state index contributed by atoms with van der Waals surface area (Å²) < 4.78 is 5.09. The maximum atomic E-state index is 5.09. The molecule has 0 bridgehead atoms. The van der Waals surface area contributed by atoms with Crippen LogP contribution in [-0.2, 0) is 11.2 Å². The minimum Gasteiger partial charge on any atom is -0.385 e. The van der Waals surface area contributed by atoms with E-state index < -0.39 is 0 Å². The van der Waals surface area contributed by atoms with E-state index in [0.717, 1.165) is 32.5 Å². The van der Waals surface area contributed by atoms with Gasteiger partial charge in [-0.15, -0.1) is 0 Å². The van der Waals surface area contributed by atoms with E-state index in [4.69, 9.17) is 4.74 Å². The smallest absolute Gasteiger partial charge is 0.0474 e. The molecule has 1 aromatic rings. The van der Waals surface area contributed by atoms with Gasteiger partial charge in [-0.2, -0.15) is 0 Å². The van der Waals surface area contributed by atoms with Crippen LogP contribution in [0.2, 0.25) is 0 Å². The first kappa shape index (κ1) is 12.4. The van der Waals surface area contributed by atoms with Crippen LogP contribution in [0.5, 0.6) is 0 Å². The fourth-order valence-electron chi connectivity index (χ4n) is 2.38. The van der Waals surface area contributed by atoms with Gasteiger partial charge in [-0.3, -0.25) is 0 Å². The fraction of sp³-hybridized carbons (Fsp3) is 0.571. The maximum Gasteiger partial charge on any atom is 0.0474 e. The van der Waals surface area contributed by atoms with E-state index >= 15 is 0 Å². The van der Waals surface area contributed by atoms with E-state index in [1.807, 2.05) is 0 Å². The van der Waals surface area contributed by atoms with Gasteiger partial charge < -0.3 is 15.0 Å². The molecule has 1 heterocycles. The Morgan fingerprint density at radius 3 is 3.06 bits per heavy atom. The molecule has 94 valence electrons. The number of para-hydroxylation sites is 1. The molecule has 1 aliphatic heterocycles. The molecule has 0 radical (unpaired) electrons. The molecule has 0 amide bonds. The van der Waals surface area contributed by atoms with E-state index in [-0.39, 0.29) is 0 Å². The molecule has 1 aliphatic rings. The van der Waals surface area contributed by atoms with Crippen molar-refractivity contribution in [2.75, 3.05) is 39.2 Å². The standard InChI is InChI=1S/C14H22N2O/c1-16(8-5-9-17-2)13-10-12-6-3-4-7-14(12)15-11-13/h3-4,6-7,13,15H,5,8-11H2,1-2H3. The molecule has 0 aromatic heterocycles. The second-order valence-electron chi connectivity index (χ2n) is 4.72. The molecule has 1 atom stereocenters. The van der Waals surface area contributed by atoms with E-state index in [1.54, 1.807) is 7.11 Å². The molecule has 0 fully saturated rings. The van der Waals surface area contributed by atoms with Crippen LogP contribution in [0.3, 0.4) is 0 Å². The highest BCUT2D eigenvalue weighted by Gasteiger charge is 2.20. The predicted molar refractivity (Wildman–Crippen MR) is 71.5 cm³/mol. The summed E-state index contributed by atoms with van der Waals surface area (Å²) in [6, 6.07) is 9.19. The molecule has 1 N–H and O–H groups in total. The lowest BCUT2D eigenvalue weighted by Crippen LogP contribution is -2.42. The van der Waals surface area contributed by atoms with Crippen LogP contribution in [0, 0.1) is 0 Å². The number of benzene rings is 1. The van der Waals surface area contributed by atoms with Gasteiger partial charge in [0.15, 0.2) is 0 Å². The molecule has 0 saturated carbocycles. The van der Waals surface area contributed by atoms with Gasteiger partial charge in [0.05, 0.1) is 0 Å². The first-order valence-electron chi connectivity index (χ1n) is 6.32. The number of ether oxygens (including phenoxy) is 1. The molecule has 1 unspecified atom stereocenters. The summed E-state index contributed by atoms with van der Waals surface area (Å²) in [6.45, 7) is 2.99. The topological polar surface area (TPSA) is 24.5 Å². The minimum absolute atomic E-state index is 0.599. The number of nitrogens with zero attached hydrogens (tertiary/aromatic N) is 1. The molecule has 0 saturated heterocycles. The molecule has 3 nitrogen and oxygen atoms in total. The number of hydrogen-bond donors (Lipinski definition) is 1. The van der Waals surface area contributed by atoms with Crippen molar-refractivity contribution < 1.29 is 4.74 Å². The third-order valence-corrected chi connectivity index (χ3v) is 3.48. The minimum atomic E-state index is 0.599. The zero-order chi connectivity index (χ0) is 12.1. The van der Waals surface area contributed by atoms with Crippen molar-refractivity contribution in [3.05, 3.63) is 29.8 Å². The Labute approximate surface area is 104 Å². The van der Waals surface area contributed by atoms with Crippen LogP contribution in [0.15, 0.2) is 24.3 Å². The number of fused-ring (bicyclic) bond motifs is 1. The molecule has 2 rings (SSSR count). The second-order valence-corrected chi connectivity index (χ2v) is 4.72. The third-order valence-electron chi connectivity index (χ3n) is 3.48. The largest absolute Gasteiger partial charge is 0.385 e. The molecule has 1 aromatic carbocycles. The van der Waals surface area contributed by atoms with Gasteiger partial charge in [0.2, 0.25) is 0 Å². The molecule has 17 heavy (non-hydrogen) atoms. The Hall–Kier alpha value is -1.06. The molecular weight excluding hydrogens is 212 g/mol. The normalized spacial score (nSPS) is 18.9. The zero-order valence-corrected chi connectivity index (χ0v) is 10.8. The summed E-state index contributed by atoms with van der Waals surface area (Å²) in [6.07, 6.45) is 2.25. The SMILES string of the molecule is COCCCN(C)C1CNc2ccccc2C1. The second kappa shape index (κ2) is 6.03. The van der Waals surface area contributed by atoms with Crippen LogP contribution in [0.1, 0.15) is 12.0 Å². The van der Waals surface area contributed by atoms with Gasteiger partial charge in [-0.25, -0.2) is 0 Å². The van der Waals surface area contributed by atoms with E-state index in [9.17, 15) is 0 Å². The summed E-state index contributed by atoms with van der Waals surface area (Å²) in [7, 11) is 3.97. The average molecular weight is 234 g/mol. The number of likely N-dealkylation sites (N-methyl/N-ethyl adjacent to an activating group) is 1. The van der Waals surface area contributed by atoms with Crippen molar-refractivity contribution in [2.45, 2.75) is 18.9 Å². The lowest BCUT2D eigenvalue weighted by Gasteiger charge is -2.33. The Bertz CT molecular complexity index is 354. The lowest BCUT2D eigenvalue weighted by atomic mass is 9.99. The van der Waals surface area contributed by atoms with E-state index in [0.29, 0.717) is 6.04 Å².